The number of carbonyl (C=O) groups is 2. The summed E-state index contributed by atoms with van der Waals surface area (Å²) in [7, 11) is 1.20. The molecule has 0 heterocycles. The maximum atomic E-state index is 12.7. The van der Waals surface area contributed by atoms with Gasteiger partial charge in [0.15, 0.2) is 0 Å². The first kappa shape index (κ1) is 15.5. The number of halogens is 4. The van der Waals surface area contributed by atoms with Crippen LogP contribution in [0.25, 0.3) is 0 Å². The molecule has 8 heteroatoms. The van der Waals surface area contributed by atoms with Gasteiger partial charge in [0.2, 0.25) is 0 Å². The van der Waals surface area contributed by atoms with E-state index in [9.17, 15) is 22.8 Å². The average molecular weight is 340 g/mol. The van der Waals surface area contributed by atoms with Gasteiger partial charge in [0.05, 0.1) is 5.56 Å². The van der Waals surface area contributed by atoms with Gasteiger partial charge in [-0.15, -0.1) is 0 Å². The molecular weight excluding hydrogens is 331 g/mol. The third-order valence-corrected chi connectivity index (χ3v) is 2.93. The molecule has 1 N–H and O–H groups in total. The number of hydrogen-bond donors (Lipinski definition) is 1. The molecule has 0 radical (unpaired) electrons. The van der Waals surface area contributed by atoms with Gasteiger partial charge in [-0.2, -0.15) is 13.2 Å². The van der Waals surface area contributed by atoms with E-state index >= 15 is 0 Å². The van der Waals surface area contributed by atoms with E-state index in [1.54, 1.807) is 0 Å². The molecule has 1 aromatic rings. The quantitative estimate of drug-likeness (QED) is 0.920. The van der Waals surface area contributed by atoms with Crippen LogP contribution in [0, 0.1) is 0 Å². The summed E-state index contributed by atoms with van der Waals surface area (Å²) in [4.78, 5) is 23.0. The number of hydrogen-bond acceptors (Lipinski definition) is 2. The third kappa shape index (κ3) is 3.95. The van der Waals surface area contributed by atoms with E-state index in [2.05, 4.69) is 15.9 Å². The zero-order valence-electron chi connectivity index (χ0n) is 9.66. The Balaban J connectivity index is 3.09. The van der Waals surface area contributed by atoms with Crippen LogP contribution in [0.2, 0.25) is 0 Å². The van der Waals surface area contributed by atoms with Crippen LogP contribution in [-0.4, -0.2) is 35.5 Å². The van der Waals surface area contributed by atoms with Crippen LogP contribution in [0.1, 0.15) is 15.9 Å². The highest BCUT2D eigenvalue weighted by atomic mass is 79.9. The van der Waals surface area contributed by atoms with Crippen LogP contribution in [0.4, 0.5) is 13.2 Å². The Hall–Kier alpha value is -1.57. The van der Waals surface area contributed by atoms with Gasteiger partial charge in [0.1, 0.15) is 6.54 Å². The van der Waals surface area contributed by atoms with Crippen molar-refractivity contribution in [1.29, 1.82) is 0 Å². The Kier molecular flexibility index (Phi) is 4.56. The Morgan fingerprint density at radius 1 is 1.37 bits per heavy atom. The molecule has 0 fully saturated rings. The maximum absolute atomic E-state index is 12.7. The smallest absolute Gasteiger partial charge is 0.417 e. The molecule has 0 atom stereocenters. The minimum absolute atomic E-state index is 0.183. The minimum Gasteiger partial charge on any atom is -0.480 e. The Morgan fingerprint density at radius 2 is 1.95 bits per heavy atom. The first-order valence-corrected chi connectivity index (χ1v) is 5.76. The number of amides is 1. The van der Waals surface area contributed by atoms with E-state index in [-0.39, 0.29) is 10.0 Å². The van der Waals surface area contributed by atoms with Crippen molar-refractivity contribution in [1.82, 2.24) is 4.90 Å². The van der Waals surface area contributed by atoms with Crippen LogP contribution in [0.15, 0.2) is 22.7 Å². The predicted octanol–water partition coefficient (Wildman–Crippen LogP) is 2.62. The van der Waals surface area contributed by atoms with Crippen molar-refractivity contribution in [3.63, 3.8) is 0 Å². The summed E-state index contributed by atoms with van der Waals surface area (Å²) in [5.41, 5.74) is -1.21. The largest absolute Gasteiger partial charge is 0.480 e. The lowest BCUT2D eigenvalue weighted by Crippen LogP contribution is -2.32. The first-order chi connectivity index (χ1) is 8.62. The van der Waals surface area contributed by atoms with Gasteiger partial charge in [-0.1, -0.05) is 15.9 Å². The summed E-state index contributed by atoms with van der Waals surface area (Å²) in [6, 6.07) is 2.98. The van der Waals surface area contributed by atoms with Gasteiger partial charge in [0, 0.05) is 17.1 Å². The van der Waals surface area contributed by atoms with Crippen LogP contribution in [-0.2, 0) is 11.0 Å². The molecule has 1 aromatic carbocycles. The maximum Gasteiger partial charge on any atom is 0.417 e. The normalized spacial score (nSPS) is 11.2. The van der Waals surface area contributed by atoms with E-state index in [0.717, 1.165) is 11.0 Å². The molecule has 19 heavy (non-hydrogen) atoms. The van der Waals surface area contributed by atoms with E-state index in [1.165, 1.54) is 13.1 Å². The van der Waals surface area contributed by atoms with Crippen molar-refractivity contribution in [2.75, 3.05) is 13.6 Å². The van der Waals surface area contributed by atoms with Crippen molar-refractivity contribution < 1.29 is 27.9 Å². The zero-order chi connectivity index (χ0) is 14.8. The van der Waals surface area contributed by atoms with Gasteiger partial charge >= 0.3 is 12.1 Å². The first-order valence-electron chi connectivity index (χ1n) is 4.97. The number of carbonyl (C=O) groups excluding carboxylic acids is 1. The van der Waals surface area contributed by atoms with Crippen molar-refractivity contribution in [2.45, 2.75) is 6.18 Å². The summed E-state index contributed by atoms with van der Waals surface area (Å²) in [5.74, 6) is -2.04. The molecule has 0 aliphatic rings. The fourth-order valence-corrected chi connectivity index (χ4v) is 1.84. The van der Waals surface area contributed by atoms with Gasteiger partial charge in [-0.05, 0) is 18.2 Å². The zero-order valence-corrected chi connectivity index (χ0v) is 11.2. The highest BCUT2D eigenvalue weighted by molar-refractivity contribution is 9.10. The number of aliphatic carboxylic acids is 1. The second kappa shape index (κ2) is 5.60. The number of carboxylic acid groups (broad SMARTS) is 1. The number of alkyl halides is 3. The summed E-state index contributed by atoms with van der Waals surface area (Å²) in [6.45, 7) is -0.587. The summed E-state index contributed by atoms with van der Waals surface area (Å²) < 4.78 is 37.8. The molecule has 4 nitrogen and oxygen atoms in total. The number of benzene rings is 1. The van der Waals surface area contributed by atoms with E-state index < -0.39 is 30.2 Å². The van der Waals surface area contributed by atoms with Crippen LogP contribution in [0.5, 0.6) is 0 Å². The van der Waals surface area contributed by atoms with Gasteiger partial charge in [-0.25, -0.2) is 0 Å². The molecular formula is C11H9BrF3NO3. The lowest BCUT2D eigenvalue weighted by molar-refractivity contribution is -0.139. The average Bonchev–Trinajstić information content (AvgIpc) is 2.26. The number of carboxylic acids is 1. The summed E-state index contributed by atoms with van der Waals surface area (Å²) >= 11 is 2.75. The Morgan fingerprint density at radius 3 is 2.42 bits per heavy atom. The Bertz CT molecular complexity index is 516. The molecule has 0 unspecified atom stereocenters. The van der Waals surface area contributed by atoms with Gasteiger partial charge in [-0.3, -0.25) is 9.59 Å². The minimum atomic E-state index is -4.60. The predicted molar refractivity (Wildman–Crippen MR) is 63.7 cm³/mol. The molecule has 1 rings (SSSR count). The molecule has 1 amide bonds. The molecule has 104 valence electrons. The van der Waals surface area contributed by atoms with Crippen LogP contribution >= 0.6 is 15.9 Å². The second-order valence-corrected chi connectivity index (χ2v) is 4.60. The number of likely N-dealkylation sites (N-methyl/N-ethyl adjacent to an activating group) is 1. The van der Waals surface area contributed by atoms with Crippen molar-refractivity contribution in [3.05, 3.63) is 33.8 Å². The molecule has 0 aliphatic heterocycles. The van der Waals surface area contributed by atoms with Gasteiger partial charge in [0.25, 0.3) is 5.91 Å². The van der Waals surface area contributed by atoms with Crippen LogP contribution < -0.4 is 0 Å². The molecule has 0 saturated heterocycles. The lowest BCUT2D eigenvalue weighted by Gasteiger charge is -2.16. The molecule has 0 spiro atoms. The van der Waals surface area contributed by atoms with Crippen molar-refractivity contribution in [3.8, 4) is 0 Å². The highest BCUT2D eigenvalue weighted by Gasteiger charge is 2.33. The molecule has 0 aromatic heterocycles. The Labute approximate surface area is 114 Å². The van der Waals surface area contributed by atoms with E-state index in [0.29, 0.717) is 6.07 Å². The number of nitrogens with zero attached hydrogens (tertiary/aromatic N) is 1. The second-order valence-electron chi connectivity index (χ2n) is 3.75. The van der Waals surface area contributed by atoms with Crippen molar-refractivity contribution >= 4 is 27.8 Å². The standard InChI is InChI=1S/C11H9BrF3NO3/c1-16(5-9(17)18)10(19)6-2-3-8(12)7(4-6)11(13,14)15/h2-4H,5H2,1H3,(H,17,18). The lowest BCUT2D eigenvalue weighted by atomic mass is 10.1. The molecule has 0 bridgehead atoms. The monoisotopic (exact) mass is 339 g/mol. The molecule has 0 aliphatic carbocycles. The third-order valence-electron chi connectivity index (χ3n) is 2.24. The topological polar surface area (TPSA) is 57.6 Å². The fourth-order valence-electron chi connectivity index (χ4n) is 1.37. The van der Waals surface area contributed by atoms with E-state index in [1.807, 2.05) is 0 Å². The highest BCUT2D eigenvalue weighted by Crippen LogP contribution is 2.35. The fraction of sp³-hybridized carbons (Fsp3) is 0.273. The molecule has 0 saturated carbocycles. The SMILES string of the molecule is CN(CC(=O)O)C(=O)c1ccc(Br)c(C(F)(F)F)c1. The number of rotatable bonds is 3. The van der Waals surface area contributed by atoms with E-state index in [4.69, 9.17) is 5.11 Å². The van der Waals surface area contributed by atoms with Crippen molar-refractivity contribution in [2.24, 2.45) is 0 Å². The summed E-state index contributed by atoms with van der Waals surface area (Å²) in [6.07, 6.45) is -4.60. The van der Waals surface area contributed by atoms with Crippen LogP contribution in [0.3, 0.4) is 0 Å². The summed E-state index contributed by atoms with van der Waals surface area (Å²) in [5, 5.41) is 8.53. The van der Waals surface area contributed by atoms with Gasteiger partial charge < -0.3 is 10.0 Å².